The first kappa shape index (κ1) is 14.4. The van der Waals surface area contributed by atoms with E-state index in [1.165, 1.54) is 32.1 Å². The molecule has 0 spiro atoms. The number of unbranched alkanes of at least 4 members (excludes halogenated alkanes) is 5. The number of hydrogen-bond donors (Lipinski definition) is 2. The standard InChI is InChI=1S/C12H25NO2/c1-2-3-4-5-6-7-10-13-12(15)9-8-11-14/h14H,2-11H2,1H3,(H,13,15). The maximum atomic E-state index is 11.1. The van der Waals surface area contributed by atoms with E-state index in [1.807, 2.05) is 0 Å². The predicted molar refractivity (Wildman–Crippen MR) is 62.7 cm³/mol. The number of aliphatic hydroxyl groups is 1. The molecule has 0 aliphatic heterocycles. The molecule has 0 saturated carbocycles. The highest BCUT2D eigenvalue weighted by atomic mass is 16.3. The summed E-state index contributed by atoms with van der Waals surface area (Å²) in [7, 11) is 0. The first-order chi connectivity index (χ1) is 7.31. The molecule has 0 aliphatic rings. The minimum atomic E-state index is 0.0672. The molecule has 0 bridgehead atoms. The minimum absolute atomic E-state index is 0.0672. The van der Waals surface area contributed by atoms with Gasteiger partial charge in [0.1, 0.15) is 0 Å². The van der Waals surface area contributed by atoms with Crippen molar-refractivity contribution in [2.45, 2.75) is 58.3 Å². The van der Waals surface area contributed by atoms with Crippen LogP contribution in [0.15, 0.2) is 0 Å². The molecule has 0 aromatic heterocycles. The van der Waals surface area contributed by atoms with Crippen molar-refractivity contribution >= 4 is 5.91 Å². The maximum absolute atomic E-state index is 11.1. The summed E-state index contributed by atoms with van der Waals surface area (Å²) in [4.78, 5) is 11.1. The molecular weight excluding hydrogens is 190 g/mol. The summed E-state index contributed by atoms with van der Waals surface area (Å²) in [5.41, 5.74) is 0. The Balaban J connectivity index is 3.06. The van der Waals surface area contributed by atoms with E-state index < -0.39 is 0 Å². The van der Waals surface area contributed by atoms with E-state index in [0.29, 0.717) is 12.8 Å². The Morgan fingerprint density at radius 2 is 1.73 bits per heavy atom. The summed E-state index contributed by atoms with van der Waals surface area (Å²) >= 11 is 0. The highest BCUT2D eigenvalue weighted by molar-refractivity contribution is 5.75. The van der Waals surface area contributed by atoms with Crippen LogP contribution in [-0.2, 0) is 4.79 Å². The average Bonchev–Trinajstić information content (AvgIpc) is 2.25. The molecule has 0 radical (unpaired) electrons. The van der Waals surface area contributed by atoms with Crippen LogP contribution in [0.4, 0.5) is 0 Å². The van der Waals surface area contributed by atoms with Crippen molar-refractivity contribution in [1.29, 1.82) is 0 Å². The molecule has 0 rings (SSSR count). The van der Waals surface area contributed by atoms with Crippen molar-refractivity contribution in [2.75, 3.05) is 13.2 Å². The maximum Gasteiger partial charge on any atom is 0.220 e. The first-order valence-corrected chi connectivity index (χ1v) is 6.18. The van der Waals surface area contributed by atoms with Gasteiger partial charge in [-0.25, -0.2) is 0 Å². The van der Waals surface area contributed by atoms with Crippen molar-refractivity contribution in [3.63, 3.8) is 0 Å². The van der Waals surface area contributed by atoms with Crippen LogP contribution in [-0.4, -0.2) is 24.2 Å². The van der Waals surface area contributed by atoms with Gasteiger partial charge in [0.05, 0.1) is 0 Å². The van der Waals surface area contributed by atoms with Gasteiger partial charge in [0.25, 0.3) is 0 Å². The summed E-state index contributed by atoms with van der Waals surface area (Å²) in [6.07, 6.45) is 8.50. The Labute approximate surface area is 93.3 Å². The highest BCUT2D eigenvalue weighted by Gasteiger charge is 1.98. The fourth-order valence-electron chi connectivity index (χ4n) is 1.46. The molecule has 1 amide bonds. The zero-order valence-corrected chi connectivity index (χ0v) is 9.93. The molecule has 0 saturated heterocycles. The quantitative estimate of drug-likeness (QED) is 0.549. The predicted octanol–water partition coefficient (Wildman–Crippen LogP) is 2.24. The van der Waals surface area contributed by atoms with Crippen LogP contribution in [0.25, 0.3) is 0 Å². The largest absolute Gasteiger partial charge is 0.396 e. The third kappa shape index (κ3) is 11.4. The molecule has 3 heteroatoms. The molecule has 3 nitrogen and oxygen atoms in total. The van der Waals surface area contributed by atoms with Crippen molar-refractivity contribution in [2.24, 2.45) is 0 Å². The highest BCUT2D eigenvalue weighted by Crippen LogP contribution is 2.04. The van der Waals surface area contributed by atoms with Crippen LogP contribution < -0.4 is 5.32 Å². The number of amides is 1. The number of aliphatic hydroxyl groups excluding tert-OH is 1. The number of carbonyl (C=O) groups excluding carboxylic acids is 1. The Bertz CT molecular complexity index is 149. The third-order valence-electron chi connectivity index (χ3n) is 2.41. The third-order valence-corrected chi connectivity index (χ3v) is 2.41. The fourth-order valence-corrected chi connectivity index (χ4v) is 1.46. The Kier molecular flexibility index (Phi) is 11.1. The number of hydrogen-bond acceptors (Lipinski definition) is 2. The minimum Gasteiger partial charge on any atom is -0.396 e. The Morgan fingerprint density at radius 1 is 1.07 bits per heavy atom. The summed E-state index contributed by atoms with van der Waals surface area (Å²) in [5.74, 6) is 0.0672. The van der Waals surface area contributed by atoms with Gasteiger partial charge in [0.2, 0.25) is 5.91 Å². The molecular formula is C12H25NO2. The molecule has 15 heavy (non-hydrogen) atoms. The second kappa shape index (κ2) is 11.5. The van der Waals surface area contributed by atoms with E-state index in [2.05, 4.69) is 12.2 Å². The normalized spacial score (nSPS) is 10.3. The lowest BCUT2D eigenvalue weighted by atomic mass is 10.1. The molecule has 90 valence electrons. The van der Waals surface area contributed by atoms with Crippen LogP contribution >= 0.6 is 0 Å². The van der Waals surface area contributed by atoms with Crippen LogP contribution in [0, 0.1) is 0 Å². The monoisotopic (exact) mass is 215 g/mol. The molecule has 0 aromatic rings. The molecule has 0 aliphatic carbocycles. The average molecular weight is 215 g/mol. The zero-order chi connectivity index (χ0) is 11.4. The van der Waals surface area contributed by atoms with Gasteiger partial charge in [-0.05, 0) is 12.8 Å². The Hall–Kier alpha value is -0.570. The molecule has 0 fully saturated rings. The van der Waals surface area contributed by atoms with Gasteiger partial charge in [0, 0.05) is 19.6 Å². The van der Waals surface area contributed by atoms with Gasteiger partial charge in [-0.3, -0.25) is 4.79 Å². The van der Waals surface area contributed by atoms with E-state index in [0.717, 1.165) is 13.0 Å². The van der Waals surface area contributed by atoms with Crippen LogP contribution in [0.1, 0.15) is 58.3 Å². The lowest BCUT2D eigenvalue weighted by Crippen LogP contribution is -2.24. The van der Waals surface area contributed by atoms with Crippen molar-refractivity contribution in [3.8, 4) is 0 Å². The van der Waals surface area contributed by atoms with Crippen LogP contribution in [0.3, 0.4) is 0 Å². The smallest absolute Gasteiger partial charge is 0.220 e. The van der Waals surface area contributed by atoms with E-state index in [1.54, 1.807) is 0 Å². The Morgan fingerprint density at radius 3 is 2.40 bits per heavy atom. The summed E-state index contributed by atoms with van der Waals surface area (Å²) in [6.45, 7) is 3.10. The summed E-state index contributed by atoms with van der Waals surface area (Å²) < 4.78 is 0. The van der Waals surface area contributed by atoms with E-state index in [-0.39, 0.29) is 12.5 Å². The zero-order valence-electron chi connectivity index (χ0n) is 9.93. The van der Waals surface area contributed by atoms with E-state index in [9.17, 15) is 4.79 Å². The van der Waals surface area contributed by atoms with Gasteiger partial charge >= 0.3 is 0 Å². The molecule has 2 N–H and O–H groups in total. The second-order valence-electron chi connectivity index (χ2n) is 3.94. The lowest BCUT2D eigenvalue weighted by molar-refractivity contribution is -0.121. The van der Waals surface area contributed by atoms with Gasteiger partial charge in [-0.15, -0.1) is 0 Å². The first-order valence-electron chi connectivity index (χ1n) is 6.18. The second-order valence-corrected chi connectivity index (χ2v) is 3.94. The van der Waals surface area contributed by atoms with Crippen molar-refractivity contribution in [3.05, 3.63) is 0 Å². The number of nitrogens with one attached hydrogen (secondary N) is 1. The molecule has 0 heterocycles. The topological polar surface area (TPSA) is 49.3 Å². The van der Waals surface area contributed by atoms with Gasteiger partial charge in [0.15, 0.2) is 0 Å². The number of carbonyl (C=O) groups is 1. The van der Waals surface area contributed by atoms with Gasteiger partial charge in [-0.2, -0.15) is 0 Å². The van der Waals surface area contributed by atoms with Crippen molar-refractivity contribution in [1.82, 2.24) is 5.32 Å². The summed E-state index contributed by atoms with van der Waals surface area (Å²) in [6, 6.07) is 0. The fraction of sp³-hybridized carbons (Fsp3) is 0.917. The van der Waals surface area contributed by atoms with Crippen LogP contribution in [0.5, 0.6) is 0 Å². The van der Waals surface area contributed by atoms with E-state index in [4.69, 9.17) is 5.11 Å². The molecule has 0 aromatic carbocycles. The van der Waals surface area contributed by atoms with Crippen molar-refractivity contribution < 1.29 is 9.90 Å². The van der Waals surface area contributed by atoms with E-state index >= 15 is 0 Å². The lowest BCUT2D eigenvalue weighted by Gasteiger charge is -2.04. The SMILES string of the molecule is CCCCCCCCNC(=O)CCCO. The molecule has 0 unspecified atom stereocenters. The van der Waals surface area contributed by atoms with Gasteiger partial charge in [-0.1, -0.05) is 39.0 Å². The van der Waals surface area contributed by atoms with Crippen LogP contribution in [0.2, 0.25) is 0 Å². The molecule has 0 atom stereocenters. The summed E-state index contributed by atoms with van der Waals surface area (Å²) in [5, 5.41) is 11.4. The van der Waals surface area contributed by atoms with Gasteiger partial charge < -0.3 is 10.4 Å². The number of rotatable bonds is 10.